The van der Waals surface area contributed by atoms with Gasteiger partial charge in [0.15, 0.2) is 5.84 Å². The Morgan fingerprint density at radius 2 is 1.07 bits per heavy atom. The van der Waals surface area contributed by atoms with Gasteiger partial charge in [-0.05, 0) is 65.7 Å². The van der Waals surface area contributed by atoms with Crippen molar-refractivity contribution < 1.29 is 8.83 Å². The molecule has 57 heavy (non-hydrogen) atoms. The summed E-state index contributed by atoms with van der Waals surface area (Å²) in [6, 6.07) is 63.2. The van der Waals surface area contributed by atoms with E-state index in [0.29, 0.717) is 5.84 Å². The first-order valence-electron chi connectivity index (χ1n) is 19.2. The molecule has 1 N–H and O–H groups in total. The second-order valence-corrected chi connectivity index (χ2v) is 14.6. The molecular formula is C51H32N4O2. The number of nitrogens with zero attached hydrogens (tertiary/aromatic N) is 3. The predicted octanol–water partition coefficient (Wildman–Crippen LogP) is 12.7. The summed E-state index contributed by atoms with van der Waals surface area (Å²) in [6.45, 7) is 0. The van der Waals surface area contributed by atoms with E-state index < -0.39 is 6.17 Å². The van der Waals surface area contributed by atoms with Crippen LogP contribution in [0.25, 0.3) is 82.5 Å². The molecular weight excluding hydrogens is 701 g/mol. The highest BCUT2D eigenvalue weighted by molar-refractivity contribution is 6.17. The Balaban J connectivity index is 1.03. The van der Waals surface area contributed by atoms with Crippen LogP contribution >= 0.6 is 0 Å². The topological polar surface area (TPSA) is 68.0 Å². The van der Waals surface area contributed by atoms with Crippen LogP contribution in [0.4, 0.5) is 0 Å². The van der Waals surface area contributed by atoms with Crippen molar-refractivity contribution in [1.82, 2.24) is 9.88 Å². The third-order valence-corrected chi connectivity index (χ3v) is 11.3. The van der Waals surface area contributed by atoms with E-state index in [0.717, 1.165) is 83.2 Å². The maximum Gasteiger partial charge on any atom is 0.159 e. The summed E-state index contributed by atoms with van der Waals surface area (Å²) in [6.07, 6.45) is -0.401. The largest absolute Gasteiger partial charge is 0.456 e. The Kier molecular flexibility index (Phi) is 6.89. The number of furan rings is 2. The number of nitrogens with one attached hydrogen (secondary N) is 1. The highest BCUT2D eigenvalue weighted by Crippen LogP contribution is 2.42. The van der Waals surface area contributed by atoms with Crippen LogP contribution in [-0.4, -0.2) is 16.2 Å². The second kappa shape index (κ2) is 12.4. The van der Waals surface area contributed by atoms with E-state index in [4.69, 9.17) is 18.8 Å². The molecule has 0 bridgehead atoms. The van der Waals surface area contributed by atoms with E-state index >= 15 is 0 Å². The zero-order valence-corrected chi connectivity index (χ0v) is 30.6. The van der Waals surface area contributed by atoms with Gasteiger partial charge in [0.2, 0.25) is 0 Å². The van der Waals surface area contributed by atoms with Gasteiger partial charge in [0.05, 0.1) is 11.0 Å². The zero-order chi connectivity index (χ0) is 37.5. The molecule has 4 heterocycles. The standard InChI is InChI=1S/C51H32N4O2/c1-3-13-31(14-4-1)49-52-50(32-15-5-2-6-16-32)54-51(53-49)38-20-12-24-46-48(38)39-29-33(25-27-43(39)56-46)35-19-11-23-45-47(35)40-30-34(26-28-44(40)57-45)55-41-21-9-7-17-36(41)37-18-8-10-22-42(37)55/h1-30,51H,(H,52,53,54). The molecule has 1 aliphatic rings. The molecule has 12 rings (SSSR count). The van der Waals surface area contributed by atoms with Gasteiger partial charge >= 0.3 is 0 Å². The Morgan fingerprint density at radius 1 is 0.456 bits per heavy atom. The summed E-state index contributed by atoms with van der Waals surface area (Å²) in [7, 11) is 0. The van der Waals surface area contributed by atoms with E-state index in [2.05, 4.69) is 143 Å². The maximum absolute atomic E-state index is 6.54. The molecule has 0 spiro atoms. The Labute approximate surface area is 326 Å². The lowest BCUT2D eigenvalue weighted by Crippen LogP contribution is -2.33. The summed E-state index contributed by atoms with van der Waals surface area (Å²) in [4.78, 5) is 10.2. The number of aromatic nitrogens is 1. The van der Waals surface area contributed by atoms with Gasteiger partial charge in [0.25, 0.3) is 0 Å². The number of rotatable bonds is 5. The van der Waals surface area contributed by atoms with Crippen LogP contribution in [-0.2, 0) is 0 Å². The molecule has 11 aromatic rings. The van der Waals surface area contributed by atoms with Crippen LogP contribution in [0.5, 0.6) is 0 Å². The predicted molar refractivity (Wildman–Crippen MR) is 233 cm³/mol. The van der Waals surface area contributed by atoms with E-state index in [1.165, 1.54) is 21.8 Å². The first-order valence-corrected chi connectivity index (χ1v) is 19.2. The average molecular weight is 733 g/mol. The summed E-state index contributed by atoms with van der Waals surface area (Å²) in [5, 5.41) is 10.3. The maximum atomic E-state index is 6.54. The molecule has 8 aromatic carbocycles. The van der Waals surface area contributed by atoms with Gasteiger partial charge in [-0.3, -0.25) is 0 Å². The van der Waals surface area contributed by atoms with Crippen LogP contribution in [0, 0.1) is 0 Å². The van der Waals surface area contributed by atoms with Gasteiger partial charge in [-0.25, -0.2) is 9.98 Å². The van der Waals surface area contributed by atoms with Crippen LogP contribution in [0.2, 0.25) is 0 Å². The number of amidine groups is 2. The Hall–Kier alpha value is -7.70. The van der Waals surface area contributed by atoms with Crippen molar-refractivity contribution in [3.8, 4) is 16.8 Å². The van der Waals surface area contributed by atoms with Crippen LogP contribution in [0.1, 0.15) is 22.9 Å². The van der Waals surface area contributed by atoms with Gasteiger partial charge in [0.1, 0.15) is 34.3 Å². The van der Waals surface area contributed by atoms with Crippen molar-refractivity contribution >= 4 is 77.4 Å². The molecule has 0 aliphatic carbocycles. The van der Waals surface area contributed by atoms with E-state index in [9.17, 15) is 0 Å². The number of hydrogen-bond donors (Lipinski definition) is 1. The fourth-order valence-electron chi connectivity index (χ4n) is 8.71. The van der Waals surface area contributed by atoms with Crippen molar-refractivity contribution in [3.63, 3.8) is 0 Å². The molecule has 0 amide bonds. The molecule has 0 fully saturated rings. The van der Waals surface area contributed by atoms with Crippen LogP contribution in [0.15, 0.2) is 201 Å². The van der Waals surface area contributed by atoms with E-state index in [1.54, 1.807) is 0 Å². The molecule has 268 valence electrons. The quantitative estimate of drug-likeness (QED) is 0.192. The number of para-hydroxylation sites is 2. The third-order valence-electron chi connectivity index (χ3n) is 11.3. The third kappa shape index (κ3) is 4.97. The number of hydrogen-bond acceptors (Lipinski definition) is 5. The van der Waals surface area contributed by atoms with E-state index in [-0.39, 0.29) is 0 Å². The van der Waals surface area contributed by atoms with Crippen LogP contribution in [0.3, 0.4) is 0 Å². The highest BCUT2D eigenvalue weighted by Gasteiger charge is 2.25. The molecule has 3 aromatic heterocycles. The molecule has 1 unspecified atom stereocenters. The van der Waals surface area contributed by atoms with Crippen molar-refractivity contribution in [2.24, 2.45) is 9.98 Å². The molecule has 0 radical (unpaired) electrons. The number of aliphatic imine (C=N–C) groups is 2. The fraction of sp³-hybridized carbons (Fsp3) is 0.0196. The minimum Gasteiger partial charge on any atom is -0.456 e. The summed E-state index contributed by atoms with van der Waals surface area (Å²) < 4.78 is 15.4. The monoisotopic (exact) mass is 732 g/mol. The molecule has 0 saturated carbocycles. The Morgan fingerprint density at radius 3 is 1.81 bits per heavy atom. The van der Waals surface area contributed by atoms with Gasteiger partial charge in [0, 0.05) is 54.7 Å². The molecule has 6 nitrogen and oxygen atoms in total. The Bertz CT molecular complexity index is 3390. The highest BCUT2D eigenvalue weighted by atomic mass is 16.3. The summed E-state index contributed by atoms with van der Waals surface area (Å²) >= 11 is 0. The van der Waals surface area contributed by atoms with Gasteiger partial charge < -0.3 is 18.7 Å². The molecule has 1 atom stereocenters. The number of benzene rings is 8. The van der Waals surface area contributed by atoms with Crippen molar-refractivity contribution in [1.29, 1.82) is 0 Å². The van der Waals surface area contributed by atoms with Crippen molar-refractivity contribution in [2.75, 3.05) is 0 Å². The van der Waals surface area contributed by atoms with Crippen LogP contribution < -0.4 is 5.32 Å². The summed E-state index contributed by atoms with van der Waals surface area (Å²) in [5.74, 6) is 1.46. The fourth-order valence-corrected chi connectivity index (χ4v) is 8.71. The van der Waals surface area contributed by atoms with Crippen molar-refractivity contribution in [3.05, 3.63) is 199 Å². The first kappa shape index (κ1) is 31.6. The van der Waals surface area contributed by atoms with Crippen molar-refractivity contribution in [2.45, 2.75) is 6.17 Å². The molecule has 1 aliphatic heterocycles. The van der Waals surface area contributed by atoms with Gasteiger partial charge in [-0.2, -0.15) is 0 Å². The second-order valence-electron chi connectivity index (χ2n) is 14.6. The SMILES string of the molecule is c1ccc(C2=NC(c3cccc4oc5ccc(-c6cccc7oc8ccc(-n9c%10ccccc%10c%10ccccc%109)cc8c67)cc5c34)NC(c3ccccc3)=N2)cc1. The van der Waals surface area contributed by atoms with Gasteiger partial charge in [-0.15, -0.1) is 0 Å². The lowest BCUT2D eigenvalue weighted by atomic mass is 9.96. The number of fused-ring (bicyclic) bond motifs is 9. The first-order chi connectivity index (χ1) is 28.2. The molecule has 0 saturated heterocycles. The lowest BCUT2D eigenvalue weighted by molar-refractivity contribution is 0.662. The lowest BCUT2D eigenvalue weighted by Gasteiger charge is -2.24. The minimum absolute atomic E-state index is 0.401. The van der Waals surface area contributed by atoms with Gasteiger partial charge in [-0.1, -0.05) is 127 Å². The normalized spacial score (nSPS) is 14.5. The smallest absolute Gasteiger partial charge is 0.159 e. The minimum atomic E-state index is -0.401. The average Bonchev–Trinajstić information content (AvgIpc) is 3.96. The molecule has 6 heteroatoms. The zero-order valence-electron chi connectivity index (χ0n) is 30.6. The van der Waals surface area contributed by atoms with E-state index in [1.807, 2.05) is 48.5 Å². The summed E-state index contributed by atoms with van der Waals surface area (Å²) in [5.41, 5.74) is 11.9.